The third-order valence-electron chi connectivity index (χ3n) is 2.94. The number of anilines is 1. The first kappa shape index (κ1) is 18.1. The van der Waals surface area contributed by atoms with Crippen LogP contribution in [0.1, 0.15) is 10.4 Å². The van der Waals surface area contributed by atoms with Crippen molar-refractivity contribution in [1.82, 2.24) is 10.3 Å². The molecule has 2 rings (SSSR count). The number of benzene rings is 1. The molecule has 0 aliphatic rings. The van der Waals surface area contributed by atoms with E-state index in [1.807, 2.05) is 0 Å². The van der Waals surface area contributed by atoms with Gasteiger partial charge in [0.1, 0.15) is 4.90 Å². The van der Waals surface area contributed by atoms with Gasteiger partial charge in [0.05, 0.1) is 13.2 Å². The lowest BCUT2D eigenvalue weighted by Crippen LogP contribution is -2.19. The molecule has 4 N–H and O–H groups in total. The lowest BCUT2D eigenvalue weighted by Gasteiger charge is -2.11. The van der Waals surface area contributed by atoms with Gasteiger partial charge in [-0.25, -0.2) is 4.98 Å². The summed E-state index contributed by atoms with van der Waals surface area (Å²) in [6.07, 6.45) is 1.64. The molecule has 0 spiro atoms. The Labute approximate surface area is 143 Å². The fourth-order valence-electron chi connectivity index (χ4n) is 1.91. The maximum absolute atomic E-state index is 11.5. The quantitative estimate of drug-likeness (QED) is 0.409. The lowest BCUT2D eigenvalue weighted by molar-refractivity contribution is 0.292. The van der Waals surface area contributed by atoms with Gasteiger partial charge >= 0.3 is 0 Å². The first-order valence-electron chi connectivity index (χ1n) is 6.66. The molecule has 7 nitrogen and oxygen atoms in total. The molecule has 1 heterocycles. The van der Waals surface area contributed by atoms with Crippen molar-refractivity contribution in [3.8, 4) is 0 Å². The van der Waals surface area contributed by atoms with Crippen LogP contribution in [0.25, 0.3) is 0 Å². The summed E-state index contributed by atoms with van der Waals surface area (Å²) in [6.45, 7) is 0.938. The van der Waals surface area contributed by atoms with Gasteiger partial charge in [0.15, 0.2) is 4.47 Å². The summed E-state index contributed by atoms with van der Waals surface area (Å²) in [6, 6.07) is 4.69. The standard InChI is InChI=1S/C13H16ClN3O4S2/c14-13-17-8-11(22-13)7-16-10-2-1-9(6-15-3-4-18)12(5-10)23(19,20)21/h1-2,5,8,15-16,18H,3-4,6-7H2,(H,19,20,21). The number of aromatic nitrogens is 1. The SMILES string of the molecule is O=S(=O)(O)c1cc(NCc2cnc(Cl)s2)ccc1CNCCO. The van der Waals surface area contributed by atoms with Gasteiger partial charge in [0.25, 0.3) is 10.1 Å². The molecule has 0 saturated heterocycles. The highest BCUT2D eigenvalue weighted by molar-refractivity contribution is 7.85. The second-order valence-corrected chi connectivity index (χ2v) is 7.72. The van der Waals surface area contributed by atoms with Crippen molar-refractivity contribution < 1.29 is 18.1 Å². The molecule has 0 bridgehead atoms. The molecular formula is C13H16ClN3O4S2. The molecular weight excluding hydrogens is 362 g/mol. The number of nitrogens with one attached hydrogen (secondary N) is 2. The maximum Gasteiger partial charge on any atom is 0.294 e. The van der Waals surface area contributed by atoms with Crippen molar-refractivity contribution >= 4 is 38.7 Å². The van der Waals surface area contributed by atoms with E-state index in [2.05, 4.69) is 15.6 Å². The summed E-state index contributed by atoms with van der Waals surface area (Å²) in [7, 11) is -4.35. The topological polar surface area (TPSA) is 112 Å². The van der Waals surface area contributed by atoms with Crippen LogP contribution in [0.15, 0.2) is 29.3 Å². The molecule has 0 aliphatic heterocycles. The van der Waals surface area contributed by atoms with Gasteiger partial charge in [0.2, 0.25) is 0 Å². The van der Waals surface area contributed by atoms with Crippen molar-refractivity contribution in [3.63, 3.8) is 0 Å². The van der Waals surface area contributed by atoms with Gasteiger partial charge in [-0.15, -0.1) is 11.3 Å². The molecule has 0 radical (unpaired) electrons. The molecule has 2 aromatic rings. The summed E-state index contributed by atoms with van der Waals surface area (Å²) < 4.78 is 32.9. The monoisotopic (exact) mass is 377 g/mol. The van der Waals surface area contributed by atoms with E-state index in [4.69, 9.17) is 16.7 Å². The van der Waals surface area contributed by atoms with E-state index in [1.165, 1.54) is 17.4 Å². The molecule has 126 valence electrons. The zero-order valence-electron chi connectivity index (χ0n) is 12.0. The predicted molar refractivity (Wildman–Crippen MR) is 89.5 cm³/mol. The Bertz CT molecular complexity index is 764. The smallest absolute Gasteiger partial charge is 0.294 e. The van der Waals surface area contributed by atoms with Crippen molar-refractivity contribution in [2.75, 3.05) is 18.5 Å². The largest absolute Gasteiger partial charge is 0.395 e. The van der Waals surface area contributed by atoms with Crippen molar-refractivity contribution in [1.29, 1.82) is 0 Å². The van der Waals surface area contributed by atoms with Gasteiger partial charge in [-0.1, -0.05) is 17.7 Å². The molecule has 0 aliphatic carbocycles. The Balaban J connectivity index is 2.15. The highest BCUT2D eigenvalue weighted by atomic mass is 35.5. The normalized spacial score (nSPS) is 11.6. The van der Waals surface area contributed by atoms with E-state index in [9.17, 15) is 13.0 Å². The number of thiazole rings is 1. The minimum atomic E-state index is -4.35. The average Bonchev–Trinajstić information content (AvgIpc) is 2.91. The first-order chi connectivity index (χ1) is 10.9. The molecule has 0 saturated carbocycles. The van der Waals surface area contributed by atoms with Crippen LogP contribution in [0.2, 0.25) is 4.47 Å². The Hall–Kier alpha value is -1.23. The van der Waals surface area contributed by atoms with Gasteiger partial charge < -0.3 is 15.7 Å². The highest BCUT2D eigenvalue weighted by Crippen LogP contribution is 2.23. The van der Waals surface area contributed by atoms with Crippen LogP contribution in [0.4, 0.5) is 5.69 Å². The van der Waals surface area contributed by atoms with Crippen LogP contribution < -0.4 is 10.6 Å². The van der Waals surface area contributed by atoms with E-state index in [0.29, 0.717) is 28.8 Å². The van der Waals surface area contributed by atoms with E-state index < -0.39 is 10.1 Å². The molecule has 23 heavy (non-hydrogen) atoms. The van der Waals surface area contributed by atoms with E-state index in [0.717, 1.165) is 4.88 Å². The Morgan fingerprint density at radius 2 is 2.09 bits per heavy atom. The Morgan fingerprint density at radius 1 is 1.30 bits per heavy atom. The van der Waals surface area contributed by atoms with Crippen LogP contribution in [0.3, 0.4) is 0 Å². The Morgan fingerprint density at radius 3 is 2.70 bits per heavy atom. The number of nitrogens with zero attached hydrogens (tertiary/aromatic N) is 1. The highest BCUT2D eigenvalue weighted by Gasteiger charge is 2.16. The summed E-state index contributed by atoms with van der Waals surface area (Å²) in [5.41, 5.74) is 0.973. The third-order valence-corrected chi connectivity index (χ3v) is 4.99. The molecule has 10 heteroatoms. The van der Waals surface area contributed by atoms with Crippen molar-refractivity contribution in [2.45, 2.75) is 18.0 Å². The molecule has 0 atom stereocenters. The average molecular weight is 378 g/mol. The first-order valence-corrected chi connectivity index (χ1v) is 9.29. The van der Waals surface area contributed by atoms with Gasteiger partial charge in [-0.05, 0) is 17.7 Å². The second kappa shape index (κ2) is 8.04. The Kier molecular flexibility index (Phi) is 6.33. The summed E-state index contributed by atoms with van der Waals surface area (Å²) in [5.74, 6) is 0. The predicted octanol–water partition coefficient (Wildman–Crippen LogP) is 1.74. The molecule has 1 aromatic carbocycles. The third kappa shape index (κ3) is 5.41. The number of rotatable bonds is 8. The lowest BCUT2D eigenvalue weighted by atomic mass is 10.2. The minimum Gasteiger partial charge on any atom is -0.395 e. The van der Waals surface area contributed by atoms with E-state index in [-0.39, 0.29) is 18.0 Å². The van der Waals surface area contributed by atoms with Gasteiger partial charge in [-0.2, -0.15) is 8.42 Å². The number of aliphatic hydroxyl groups is 1. The minimum absolute atomic E-state index is 0.0573. The van der Waals surface area contributed by atoms with Gasteiger partial charge in [0, 0.05) is 29.9 Å². The van der Waals surface area contributed by atoms with Crippen LogP contribution in [0.5, 0.6) is 0 Å². The second-order valence-electron chi connectivity index (χ2n) is 4.63. The molecule has 1 aromatic heterocycles. The fourth-order valence-corrected chi connectivity index (χ4v) is 3.57. The van der Waals surface area contributed by atoms with Gasteiger partial charge in [-0.3, -0.25) is 4.55 Å². The fraction of sp³-hybridized carbons (Fsp3) is 0.308. The van der Waals surface area contributed by atoms with Crippen LogP contribution in [-0.4, -0.2) is 36.2 Å². The maximum atomic E-state index is 11.5. The molecule has 0 fully saturated rings. The zero-order valence-corrected chi connectivity index (χ0v) is 14.4. The van der Waals surface area contributed by atoms with Crippen molar-refractivity contribution in [3.05, 3.63) is 39.3 Å². The van der Waals surface area contributed by atoms with Crippen molar-refractivity contribution in [2.24, 2.45) is 0 Å². The van der Waals surface area contributed by atoms with E-state index >= 15 is 0 Å². The van der Waals surface area contributed by atoms with Crippen LogP contribution >= 0.6 is 22.9 Å². The molecule has 0 unspecified atom stereocenters. The number of halogens is 1. The number of hydrogen-bond acceptors (Lipinski definition) is 7. The van der Waals surface area contributed by atoms with E-state index in [1.54, 1.807) is 18.3 Å². The van der Waals surface area contributed by atoms with Crippen LogP contribution in [0, 0.1) is 0 Å². The number of aliphatic hydroxyl groups excluding tert-OH is 1. The summed E-state index contributed by atoms with van der Waals surface area (Å²) in [4.78, 5) is 4.65. The van der Waals surface area contributed by atoms with Crippen LogP contribution in [-0.2, 0) is 23.2 Å². The summed E-state index contributed by atoms with van der Waals surface area (Å²) >= 11 is 7.07. The zero-order chi connectivity index (χ0) is 16.9. The summed E-state index contributed by atoms with van der Waals surface area (Å²) in [5, 5.41) is 14.7. The molecule has 0 amide bonds. The number of hydrogen-bond donors (Lipinski definition) is 4.